The van der Waals surface area contributed by atoms with Crippen molar-refractivity contribution >= 4 is 21.6 Å². The van der Waals surface area contributed by atoms with E-state index in [1.807, 2.05) is 30.3 Å². The number of hydrogen-bond acceptors (Lipinski definition) is 5. The van der Waals surface area contributed by atoms with Crippen LogP contribution in [0.15, 0.2) is 70.7 Å². The number of hydrogen-bond donors (Lipinski definition) is 0. The summed E-state index contributed by atoms with van der Waals surface area (Å²) in [4.78, 5) is 12.0. The highest BCUT2D eigenvalue weighted by Crippen LogP contribution is 2.12. The van der Waals surface area contributed by atoms with Crippen LogP contribution in [0.4, 0.5) is 0 Å². The maximum absolute atomic E-state index is 11.9. The van der Waals surface area contributed by atoms with Crippen molar-refractivity contribution < 1.29 is 17.5 Å². The molecule has 0 saturated carbocycles. The molecule has 2 aromatic rings. The van der Waals surface area contributed by atoms with Crippen LogP contribution < -0.4 is 0 Å². The zero-order valence-corrected chi connectivity index (χ0v) is 13.5. The van der Waals surface area contributed by atoms with E-state index in [0.29, 0.717) is 5.71 Å². The molecular weight excluding hydrogens is 314 g/mol. The van der Waals surface area contributed by atoms with Crippen LogP contribution >= 0.6 is 0 Å². The van der Waals surface area contributed by atoms with Gasteiger partial charge in [0.05, 0.1) is 5.71 Å². The zero-order valence-electron chi connectivity index (χ0n) is 12.7. The number of oxime groups is 1. The molecule has 0 spiro atoms. The fourth-order valence-corrected chi connectivity index (χ4v) is 2.75. The quantitative estimate of drug-likeness (QED) is 0.577. The highest BCUT2D eigenvalue weighted by Gasteiger charge is 2.15. The summed E-state index contributed by atoms with van der Waals surface area (Å²) in [5.74, 6) is -0.0573. The minimum Gasteiger partial charge on any atom is -0.299 e. The number of nitrogens with zero attached hydrogens (tertiary/aromatic N) is 1. The number of carbonyl (C=O) groups is 1. The third-order valence-corrected chi connectivity index (χ3v) is 4.14. The van der Waals surface area contributed by atoms with Gasteiger partial charge in [0.25, 0.3) is 0 Å². The maximum atomic E-state index is 11.9. The third-order valence-electron chi connectivity index (χ3n) is 3.02. The van der Waals surface area contributed by atoms with E-state index in [1.165, 1.54) is 12.1 Å². The van der Waals surface area contributed by atoms with Crippen molar-refractivity contribution in [2.24, 2.45) is 5.16 Å². The highest BCUT2D eigenvalue weighted by molar-refractivity contribution is 7.86. The van der Waals surface area contributed by atoms with Crippen LogP contribution in [0.25, 0.3) is 0 Å². The van der Waals surface area contributed by atoms with Gasteiger partial charge in [-0.3, -0.25) is 9.08 Å². The van der Waals surface area contributed by atoms with E-state index in [9.17, 15) is 13.2 Å². The molecule has 0 atom stereocenters. The second-order valence-corrected chi connectivity index (χ2v) is 6.57. The van der Waals surface area contributed by atoms with Crippen molar-refractivity contribution in [1.82, 2.24) is 0 Å². The lowest BCUT2D eigenvalue weighted by molar-refractivity contribution is -0.117. The summed E-state index contributed by atoms with van der Waals surface area (Å²) in [5.41, 5.74) is 1.22. The maximum Gasteiger partial charge on any atom is 0.358 e. The Bertz CT molecular complexity index is 784. The van der Waals surface area contributed by atoms with E-state index in [1.54, 1.807) is 25.1 Å². The van der Waals surface area contributed by atoms with Gasteiger partial charge in [-0.1, -0.05) is 53.7 Å². The lowest BCUT2D eigenvalue weighted by Crippen LogP contribution is -2.10. The first kappa shape index (κ1) is 16.9. The van der Waals surface area contributed by atoms with Gasteiger partial charge in [-0.05, 0) is 24.6 Å². The predicted molar refractivity (Wildman–Crippen MR) is 87.6 cm³/mol. The van der Waals surface area contributed by atoms with Gasteiger partial charge >= 0.3 is 10.1 Å². The molecule has 0 radical (unpaired) electrons. The van der Waals surface area contributed by atoms with Crippen molar-refractivity contribution in [2.45, 2.75) is 24.7 Å². The van der Waals surface area contributed by atoms with Crippen LogP contribution in [0.1, 0.15) is 18.9 Å². The summed E-state index contributed by atoms with van der Waals surface area (Å²) >= 11 is 0. The number of Topliss-reactive ketones (excluding diaryl/α,β-unsaturated/α-hetero) is 1. The second kappa shape index (κ2) is 7.69. The Labute approximate surface area is 135 Å². The van der Waals surface area contributed by atoms with Crippen molar-refractivity contribution in [1.29, 1.82) is 0 Å². The van der Waals surface area contributed by atoms with E-state index in [4.69, 9.17) is 0 Å². The molecule has 0 aliphatic heterocycles. The molecule has 0 unspecified atom stereocenters. The van der Waals surface area contributed by atoms with Crippen LogP contribution in [0.5, 0.6) is 0 Å². The van der Waals surface area contributed by atoms with Crippen molar-refractivity contribution in [2.75, 3.05) is 0 Å². The molecule has 0 fully saturated rings. The van der Waals surface area contributed by atoms with Gasteiger partial charge in [0.2, 0.25) is 0 Å². The average Bonchev–Trinajstić information content (AvgIpc) is 2.55. The summed E-state index contributed by atoms with van der Waals surface area (Å²) in [5, 5.41) is 3.56. The first-order valence-corrected chi connectivity index (χ1v) is 8.46. The molecule has 6 heteroatoms. The van der Waals surface area contributed by atoms with Crippen LogP contribution in [-0.4, -0.2) is 19.9 Å². The van der Waals surface area contributed by atoms with Gasteiger partial charge in [0.1, 0.15) is 10.7 Å². The van der Waals surface area contributed by atoms with Gasteiger partial charge in [0.15, 0.2) is 0 Å². The smallest absolute Gasteiger partial charge is 0.299 e. The molecule has 23 heavy (non-hydrogen) atoms. The molecule has 0 bridgehead atoms. The van der Waals surface area contributed by atoms with Gasteiger partial charge in [-0.2, -0.15) is 8.42 Å². The lowest BCUT2D eigenvalue weighted by atomic mass is 10.1. The van der Waals surface area contributed by atoms with E-state index >= 15 is 0 Å². The molecule has 0 aromatic heterocycles. The van der Waals surface area contributed by atoms with Gasteiger partial charge in [0, 0.05) is 12.8 Å². The minimum atomic E-state index is -3.95. The SMILES string of the molecule is C/C(CC(=O)Cc1ccccc1)=N\OS(=O)(=O)c1ccccc1. The molecule has 2 aromatic carbocycles. The molecule has 120 valence electrons. The summed E-state index contributed by atoms with van der Waals surface area (Å²) < 4.78 is 28.4. The van der Waals surface area contributed by atoms with E-state index in [-0.39, 0.29) is 23.5 Å². The molecule has 5 nitrogen and oxygen atoms in total. The molecule has 0 saturated heterocycles. The second-order valence-electron chi connectivity index (χ2n) is 5.05. The Balaban J connectivity index is 1.94. The van der Waals surface area contributed by atoms with Gasteiger partial charge < -0.3 is 0 Å². The predicted octanol–water partition coefficient (Wildman–Crippen LogP) is 2.97. The fourth-order valence-electron chi connectivity index (χ4n) is 1.95. The topological polar surface area (TPSA) is 72.8 Å². The molecule has 0 N–H and O–H groups in total. The molecule has 0 aliphatic carbocycles. The Morgan fingerprint density at radius 3 is 2.17 bits per heavy atom. The van der Waals surface area contributed by atoms with Crippen LogP contribution in [0, 0.1) is 0 Å². The number of carbonyl (C=O) groups excluding carboxylic acids is 1. The standard InChI is InChI=1S/C17H17NO4S/c1-14(12-16(19)13-15-8-4-2-5-9-15)18-22-23(20,21)17-10-6-3-7-11-17/h2-11H,12-13H2,1H3/b18-14+. The van der Waals surface area contributed by atoms with Gasteiger partial charge in [-0.25, -0.2) is 0 Å². The van der Waals surface area contributed by atoms with Crippen molar-refractivity contribution in [3.63, 3.8) is 0 Å². The number of rotatable bonds is 7. The summed E-state index contributed by atoms with van der Waals surface area (Å²) in [6.45, 7) is 1.56. The van der Waals surface area contributed by atoms with Crippen LogP contribution in [-0.2, 0) is 25.6 Å². The molecule has 0 amide bonds. The normalized spacial score (nSPS) is 12.0. The van der Waals surface area contributed by atoms with Crippen molar-refractivity contribution in [3.05, 3.63) is 66.2 Å². The summed E-state index contributed by atoms with van der Waals surface area (Å²) in [6, 6.07) is 17.0. The molecule has 2 rings (SSSR count). The van der Waals surface area contributed by atoms with Crippen molar-refractivity contribution in [3.8, 4) is 0 Å². The Hall–Kier alpha value is -2.47. The third kappa shape index (κ3) is 5.34. The highest BCUT2D eigenvalue weighted by atomic mass is 32.2. The van der Waals surface area contributed by atoms with E-state index in [2.05, 4.69) is 9.44 Å². The van der Waals surface area contributed by atoms with E-state index < -0.39 is 10.1 Å². The molecular formula is C17H17NO4S. The van der Waals surface area contributed by atoms with E-state index in [0.717, 1.165) is 5.56 Å². The Kier molecular flexibility index (Phi) is 5.65. The average molecular weight is 331 g/mol. The minimum absolute atomic E-state index is 0.0205. The lowest BCUT2D eigenvalue weighted by Gasteiger charge is -2.03. The van der Waals surface area contributed by atoms with Crippen LogP contribution in [0.2, 0.25) is 0 Å². The summed E-state index contributed by atoms with van der Waals surface area (Å²) in [7, 11) is -3.95. The van der Waals surface area contributed by atoms with Gasteiger partial charge in [-0.15, -0.1) is 0 Å². The Morgan fingerprint density at radius 2 is 1.57 bits per heavy atom. The fraction of sp³-hybridized carbons (Fsp3) is 0.176. The number of ketones is 1. The largest absolute Gasteiger partial charge is 0.358 e. The number of benzene rings is 2. The Morgan fingerprint density at radius 1 is 1.00 bits per heavy atom. The first-order valence-electron chi connectivity index (χ1n) is 7.05. The first-order chi connectivity index (χ1) is 11.0. The molecule has 0 heterocycles. The van der Waals surface area contributed by atoms with Crippen LogP contribution in [0.3, 0.4) is 0 Å². The summed E-state index contributed by atoms with van der Waals surface area (Å²) in [6.07, 6.45) is 0.318. The molecule has 0 aliphatic rings. The monoisotopic (exact) mass is 331 g/mol. The zero-order chi connectivity index (χ0) is 16.7.